The maximum absolute atomic E-state index is 12.7. The van der Waals surface area contributed by atoms with E-state index in [4.69, 9.17) is 16.3 Å². The summed E-state index contributed by atoms with van der Waals surface area (Å²) in [6, 6.07) is 17.3. The molecular weight excluding hydrogens is 376 g/mol. The molecule has 2 aromatic carbocycles. The minimum absolute atomic E-state index is 0.202. The van der Waals surface area contributed by atoms with Gasteiger partial charge in [0.25, 0.3) is 5.56 Å². The molecule has 1 aliphatic rings. The Morgan fingerprint density at radius 3 is 2.32 bits per heavy atom. The van der Waals surface area contributed by atoms with E-state index >= 15 is 0 Å². The molecule has 0 atom stereocenters. The van der Waals surface area contributed by atoms with E-state index < -0.39 is 0 Å². The number of para-hydroxylation sites is 1. The van der Waals surface area contributed by atoms with Crippen molar-refractivity contribution in [2.45, 2.75) is 0 Å². The van der Waals surface area contributed by atoms with Crippen LogP contribution in [0.4, 0.5) is 11.4 Å². The first kappa shape index (κ1) is 18.4. The minimum atomic E-state index is -0.305. The lowest BCUT2D eigenvalue weighted by Crippen LogP contribution is -2.47. The first-order valence-corrected chi connectivity index (χ1v) is 9.52. The summed E-state index contributed by atoms with van der Waals surface area (Å²) in [5.41, 5.74) is 2.20. The van der Waals surface area contributed by atoms with Crippen molar-refractivity contribution in [3.05, 3.63) is 76.2 Å². The molecule has 1 aliphatic heterocycles. The van der Waals surface area contributed by atoms with Gasteiger partial charge in [0.2, 0.25) is 0 Å². The first-order valence-electron chi connectivity index (χ1n) is 9.14. The number of piperazine rings is 1. The molecule has 0 unspecified atom stereocenters. The van der Waals surface area contributed by atoms with Crippen LogP contribution in [0.25, 0.3) is 5.69 Å². The molecule has 0 bridgehead atoms. The van der Waals surface area contributed by atoms with Crippen molar-refractivity contribution in [2.24, 2.45) is 0 Å². The molecule has 0 spiro atoms. The Kier molecular flexibility index (Phi) is 5.21. The Morgan fingerprint density at radius 2 is 1.61 bits per heavy atom. The maximum Gasteiger partial charge on any atom is 0.292 e. The zero-order chi connectivity index (χ0) is 19.5. The van der Waals surface area contributed by atoms with Crippen molar-refractivity contribution in [3.8, 4) is 11.4 Å². The molecule has 0 amide bonds. The van der Waals surface area contributed by atoms with Crippen molar-refractivity contribution < 1.29 is 4.74 Å². The summed E-state index contributed by atoms with van der Waals surface area (Å²) in [5, 5.41) is 4.53. The second-order valence-electron chi connectivity index (χ2n) is 6.57. The molecule has 7 heteroatoms. The van der Waals surface area contributed by atoms with Crippen molar-refractivity contribution in [3.63, 3.8) is 0 Å². The number of hydrogen-bond acceptors (Lipinski definition) is 5. The van der Waals surface area contributed by atoms with E-state index in [2.05, 4.69) is 21.0 Å². The van der Waals surface area contributed by atoms with Gasteiger partial charge in [-0.3, -0.25) is 4.79 Å². The molecule has 3 aromatic rings. The number of anilines is 2. The molecule has 4 rings (SSSR count). The lowest BCUT2D eigenvalue weighted by molar-refractivity contribution is 0.414. The number of hydrogen-bond donors (Lipinski definition) is 0. The smallest absolute Gasteiger partial charge is 0.292 e. The third-order valence-electron chi connectivity index (χ3n) is 4.94. The third kappa shape index (κ3) is 3.55. The summed E-state index contributed by atoms with van der Waals surface area (Å²) < 4.78 is 6.64. The largest absolute Gasteiger partial charge is 0.497 e. The quantitative estimate of drug-likeness (QED) is 0.677. The van der Waals surface area contributed by atoms with Crippen LogP contribution in [0.3, 0.4) is 0 Å². The van der Waals surface area contributed by atoms with E-state index in [9.17, 15) is 4.79 Å². The van der Waals surface area contributed by atoms with Gasteiger partial charge in [-0.2, -0.15) is 9.78 Å². The molecule has 0 saturated carbocycles. The number of ether oxygens (including phenoxy) is 1. The summed E-state index contributed by atoms with van der Waals surface area (Å²) in [6.07, 6.45) is 1.68. The predicted molar refractivity (Wildman–Crippen MR) is 112 cm³/mol. The highest BCUT2D eigenvalue weighted by molar-refractivity contribution is 6.33. The van der Waals surface area contributed by atoms with Gasteiger partial charge in [-0.05, 0) is 24.3 Å². The van der Waals surface area contributed by atoms with Gasteiger partial charge < -0.3 is 14.5 Å². The highest BCUT2D eigenvalue weighted by atomic mass is 35.5. The summed E-state index contributed by atoms with van der Waals surface area (Å²) >= 11 is 6.43. The van der Waals surface area contributed by atoms with Gasteiger partial charge in [0.15, 0.2) is 0 Å². The van der Waals surface area contributed by atoms with E-state index in [1.165, 1.54) is 4.68 Å². The molecule has 0 aliphatic carbocycles. The summed E-state index contributed by atoms with van der Waals surface area (Å²) in [5.74, 6) is 0.844. The number of methoxy groups -OCH3 is 1. The van der Waals surface area contributed by atoms with Crippen LogP contribution in [0.5, 0.6) is 5.75 Å². The van der Waals surface area contributed by atoms with Crippen LogP contribution < -0.4 is 20.1 Å². The molecular formula is C21H21ClN4O2. The minimum Gasteiger partial charge on any atom is -0.497 e. The fraction of sp³-hybridized carbons (Fsp3) is 0.238. The lowest BCUT2D eigenvalue weighted by atomic mass is 10.2. The van der Waals surface area contributed by atoms with Crippen molar-refractivity contribution >= 4 is 23.0 Å². The topological polar surface area (TPSA) is 50.6 Å². The Labute approximate surface area is 168 Å². The van der Waals surface area contributed by atoms with Crippen LogP contribution >= 0.6 is 11.6 Å². The van der Waals surface area contributed by atoms with Gasteiger partial charge >= 0.3 is 0 Å². The number of halogens is 1. The van der Waals surface area contributed by atoms with Gasteiger partial charge in [0, 0.05) is 37.9 Å². The van der Waals surface area contributed by atoms with E-state index in [0.717, 1.165) is 37.6 Å². The average molecular weight is 397 g/mol. The van der Waals surface area contributed by atoms with Gasteiger partial charge in [0.05, 0.1) is 24.7 Å². The number of rotatable bonds is 4. The standard InChI is InChI=1S/C21H21ClN4O2/c1-28-18-9-5-8-17(14-18)24-10-12-25(13-11-24)19-15-23-26(21(27)20(19)22)16-6-3-2-4-7-16/h2-9,14-15H,10-13H2,1H3. The normalized spacial score (nSPS) is 14.2. The molecule has 1 saturated heterocycles. The zero-order valence-corrected chi connectivity index (χ0v) is 16.3. The third-order valence-corrected chi connectivity index (χ3v) is 5.30. The highest BCUT2D eigenvalue weighted by Crippen LogP contribution is 2.26. The number of benzene rings is 2. The van der Waals surface area contributed by atoms with Crippen molar-refractivity contribution in [1.82, 2.24) is 9.78 Å². The Bertz CT molecular complexity index is 1010. The SMILES string of the molecule is COc1cccc(N2CCN(c3cnn(-c4ccccc4)c(=O)c3Cl)CC2)c1. The van der Waals surface area contributed by atoms with Crippen molar-refractivity contribution in [2.75, 3.05) is 43.1 Å². The molecule has 28 heavy (non-hydrogen) atoms. The Morgan fingerprint density at radius 1 is 0.929 bits per heavy atom. The Hall–Kier alpha value is -2.99. The van der Waals surface area contributed by atoms with Gasteiger partial charge in [0.1, 0.15) is 10.8 Å². The predicted octanol–water partition coefficient (Wildman–Crippen LogP) is 3.22. The monoisotopic (exact) mass is 396 g/mol. The summed E-state index contributed by atoms with van der Waals surface area (Å²) in [4.78, 5) is 17.1. The average Bonchev–Trinajstić information content (AvgIpc) is 2.76. The number of nitrogens with zero attached hydrogens (tertiary/aromatic N) is 4. The molecule has 2 heterocycles. The van der Waals surface area contributed by atoms with E-state index in [-0.39, 0.29) is 10.6 Å². The fourth-order valence-electron chi connectivity index (χ4n) is 3.41. The number of aromatic nitrogens is 2. The molecule has 1 aromatic heterocycles. The van der Waals surface area contributed by atoms with Gasteiger partial charge in [-0.25, -0.2) is 0 Å². The van der Waals surface area contributed by atoms with Crippen LogP contribution in [-0.2, 0) is 0 Å². The molecule has 0 radical (unpaired) electrons. The second kappa shape index (κ2) is 7.94. The zero-order valence-electron chi connectivity index (χ0n) is 15.6. The van der Waals surface area contributed by atoms with Gasteiger partial charge in [-0.15, -0.1) is 0 Å². The maximum atomic E-state index is 12.7. The molecule has 0 N–H and O–H groups in total. The molecule has 1 fully saturated rings. The fourth-order valence-corrected chi connectivity index (χ4v) is 3.66. The highest BCUT2D eigenvalue weighted by Gasteiger charge is 2.22. The second-order valence-corrected chi connectivity index (χ2v) is 6.95. The van der Waals surface area contributed by atoms with Crippen LogP contribution in [0.15, 0.2) is 65.6 Å². The summed E-state index contributed by atoms with van der Waals surface area (Å²) in [6.45, 7) is 3.16. The van der Waals surface area contributed by atoms with E-state index in [1.54, 1.807) is 13.3 Å². The van der Waals surface area contributed by atoms with Crippen molar-refractivity contribution in [1.29, 1.82) is 0 Å². The summed E-state index contributed by atoms with van der Waals surface area (Å²) in [7, 11) is 1.67. The van der Waals surface area contributed by atoms with Crippen LogP contribution in [0.2, 0.25) is 5.02 Å². The first-order chi connectivity index (χ1) is 13.7. The van der Waals surface area contributed by atoms with Crippen LogP contribution in [0, 0.1) is 0 Å². The van der Waals surface area contributed by atoms with Gasteiger partial charge in [-0.1, -0.05) is 35.9 Å². The lowest BCUT2D eigenvalue weighted by Gasteiger charge is -2.37. The van der Waals surface area contributed by atoms with E-state index in [1.807, 2.05) is 48.5 Å². The molecule has 144 valence electrons. The molecule has 6 nitrogen and oxygen atoms in total. The van der Waals surface area contributed by atoms with E-state index in [0.29, 0.717) is 11.4 Å². The van der Waals surface area contributed by atoms with Crippen LogP contribution in [-0.4, -0.2) is 43.1 Å². The van der Waals surface area contributed by atoms with Crippen LogP contribution in [0.1, 0.15) is 0 Å². The Balaban J connectivity index is 1.52.